The van der Waals surface area contributed by atoms with Crippen molar-refractivity contribution >= 4 is 23.8 Å². The lowest BCUT2D eigenvalue weighted by molar-refractivity contribution is -0.141. The quantitative estimate of drug-likeness (QED) is 0.0754. The van der Waals surface area contributed by atoms with E-state index in [0.717, 1.165) is 11.1 Å². The molecule has 0 aliphatic carbocycles. The number of ether oxygens (including phenoxy) is 4. The Hall–Kier alpha value is -6.48. The van der Waals surface area contributed by atoms with E-state index in [1.807, 2.05) is 0 Å². The van der Waals surface area contributed by atoms with Crippen LogP contribution in [0, 0.1) is 0 Å². The standard InChI is InChI=1S/C43H44O12/c1-52-38-24-30(42(50)34(32(38)7-5-17-44)22-28-19-26(9-13-36(28)46)11-15-40(48)54-3)21-31-25-39(53-2)33(8-6-18-45)35(43(31)51)23-29-20-27(10-14-37(29)47)12-16-41(49)55-4/h5-6,9-10,13-14,19-20,24-25,46-47,50-51H,7-8,11-12,15-16,21-23H2,1-4H3. The number of hydrogen-bond acceptors (Lipinski definition) is 12. The number of methoxy groups -OCH3 is 4. The average Bonchev–Trinajstić information content (AvgIpc) is 3.19. The first kappa shape index (κ1) is 41.3. The Morgan fingerprint density at radius 2 is 0.964 bits per heavy atom. The van der Waals surface area contributed by atoms with E-state index in [4.69, 9.17) is 18.9 Å². The van der Waals surface area contributed by atoms with Gasteiger partial charge in [0, 0.05) is 90.5 Å². The minimum absolute atomic E-state index is 0.0130. The Balaban J connectivity index is 1.85. The predicted octanol–water partition coefficient (Wildman–Crippen LogP) is 5.37. The lowest BCUT2D eigenvalue weighted by atomic mass is 9.88. The number of benzene rings is 4. The van der Waals surface area contributed by atoms with Crippen LogP contribution in [0.1, 0.15) is 68.5 Å². The van der Waals surface area contributed by atoms with E-state index in [9.17, 15) is 39.6 Å². The van der Waals surface area contributed by atoms with Crippen molar-refractivity contribution in [2.45, 2.75) is 57.8 Å². The maximum atomic E-state index is 11.9. The van der Waals surface area contributed by atoms with Crippen molar-refractivity contribution in [3.63, 3.8) is 0 Å². The van der Waals surface area contributed by atoms with E-state index in [1.54, 1.807) is 48.3 Å². The number of phenols is 4. The van der Waals surface area contributed by atoms with Crippen molar-refractivity contribution in [2.75, 3.05) is 28.4 Å². The largest absolute Gasteiger partial charge is 0.508 e. The van der Waals surface area contributed by atoms with Crippen LogP contribution in [0.25, 0.3) is 0 Å². The van der Waals surface area contributed by atoms with Gasteiger partial charge in [0.15, 0.2) is 0 Å². The van der Waals surface area contributed by atoms with Gasteiger partial charge in [0.1, 0.15) is 46.4 Å². The van der Waals surface area contributed by atoms with Crippen LogP contribution in [0.5, 0.6) is 34.5 Å². The third kappa shape index (κ3) is 10.4. The molecule has 4 aromatic carbocycles. The molecule has 4 aromatic rings. The smallest absolute Gasteiger partial charge is 0.305 e. The summed E-state index contributed by atoms with van der Waals surface area (Å²) in [6.45, 7) is 0. The first-order valence-electron chi connectivity index (χ1n) is 17.4. The molecule has 0 radical (unpaired) electrons. The summed E-state index contributed by atoms with van der Waals surface area (Å²) in [5.74, 6) is 2.98. The van der Waals surface area contributed by atoms with Crippen molar-refractivity contribution in [3.8, 4) is 34.5 Å². The van der Waals surface area contributed by atoms with Gasteiger partial charge >= 0.3 is 11.9 Å². The number of allylic oxidation sites excluding steroid dienone is 2. The molecule has 0 atom stereocenters. The molecule has 0 unspecified atom stereocenters. The van der Waals surface area contributed by atoms with Crippen molar-refractivity contribution in [1.29, 1.82) is 0 Å². The third-order valence-corrected chi connectivity index (χ3v) is 9.43. The van der Waals surface area contributed by atoms with Gasteiger partial charge in [0.2, 0.25) is 0 Å². The molecule has 0 fully saturated rings. The Bertz CT molecular complexity index is 1990. The summed E-state index contributed by atoms with van der Waals surface area (Å²) in [7, 11) is 5.50. The number of aromatic hydroxyl groups is 4. The van der Waals surface area contributed by atoms with Crippen LogP contribution in [0.3, 0.4) is 0 Å². The summed E-state index contributed by atoms with van der Waals surface area (Å²) in [5.41, 5.74) is 4.74. The fourth-order valence-electron chi connectivity index (χ4n) is 6.50. The second-order valence-electron chi connectivity index (χ2n) is 12.7. The number of rotatable bonds is 18. The molecule has 0 amide bonds. The second-order valence-corrected chi connectivity index (χ2v) is 12.7. The van der Waals surface area contributed by atoms with Crippen LogP contribution >= 0.6 is 0 Å². The highest BCUT2D eigenvalue weighted by atomic mass is 16.5. The lowest BCUT2D eigenvalue weighted by Crippen LogP contribution is -2.06. The van der Waals surface area contributed by atoms with Gasteiger partial charge in [-0.25, -0.2) is 9.59 Å². The topological polar surface area (TPSA) is 186 Å². The molecule has 4 N–H and O–H groups in total. The van der Waals surface area contributed by atoms with E-state index >= 15 is 0 Å². The summed E-state index contributed by atoms with van der Waals surface area (Å²) >= 11 is 0. The highest BCUT2D eigenvalue weighted by Gasteiger charge is 2.24. The van der Waals surface area contributed by atoms with Crippen molar-refractivity contribution < 1.29 is 58.6 Å². The summed E-state index contributed by atoms with van der Waals surface area (Å²) in [6.07, 6.45) is 3.57. The zero-order chi connectivity index (χ0) is 40.1. The van der Waals surface area contributed by atoms with Crippen LogP contribution in [0.4, 0.5) is 0 Å². The summed E-state index contributed by atoms with van der Waals surface area (Å²) in [6, 6.07) is 13.0. The normalized spacial score (nSPS) is 10.5. The van der Waals surface area contributed by atoms with Crippen molar-refractivity contribution in [1.82, 2.24) is 0 Å². The highest BCUT2D eigenvalue weighted by molar-refractivity contribution is 5.70. The molecule has 0 bridgehead atoms. The SMILES string of the molecule is COC(=O)CCc1ccc(O)c(Cc2c(O)c(Cc3cc(OC)c(CC=C=O)c(Cc4cc(CCC(=O)OC)ccc4O)c3O)cc(OC)c2CC=C=O)c1. The summed E-state index contributed by atoms with van der Waals surface area (Å²) in [5, 5.41) is 45.5. The molecular formula is C43H44O12. The lowest BCUT2D eigenvalue weighted by Gasteiger charge is -2.21. The number of hydrogen-bond donors (Lipinski definition) is 4. The van der Waals surface area contributed by atoms with Crippen LogP contribution in [0.15, 0.2) is 60.7 Å². The van der Waals surface area contributed by atoms with Crippen LogP contribution < -0.4 is 9.47 Å². The maximum Gasteiger partial charge on any atom is 0.305 e. The number of esters is 2. The number of aryl methyl sites for hydroxylation is 2. The van der Waals surface area contributed by atoms with Gasteiger partial charge in [-0.1, -0.05) is 24.3 Å². The number of carbonyl (C=O) groups excluding carboxylic acids is 4. The van der Waals surface area contributed by atoms with E-state index in [1.165, 1.54) is 52.7 Å². The minimum Gasteiger partial charge on any atom is -0.508 e. The van der Waals surface area contributed by atoms with Crippen LogP contribution in [-0.2, 0) is 73.6 Å². The van der Waals surface area contributed by atoms with Gasteiger partial charge in [0.05, 0.1) is 28.4 Å². The molecule has 0 heterocycles. The van der Waals surface area contributed by atoms with Gasteiger partial charge in [0.25, 0.3) is 0 Å². The molecule has 0 spiro atoms. The van der Waals surface area contributed by atoms with Gasteiger partial charge in [-0.3, -0.25) is 9.59 Å². The first-order valence-corrected chi connectivity index (χ1v) is 17.4. The van der Waals surface area contributed by atoms with Gasteiger partial charge in [-0.2, -0.15) is 0 Å². The molecule has 0 aliphatic rings. The Morgan fingerprint density at radius 1 is 0.564 bits per heavy atom. The van der Waals surface area contributed by atoms with E-state index in [-0.39, 0.29) is 79.9 Å². The Morgan fingerprint density at radius 3 is 1.31 bits per heavy atom. The van der Waals surface area contributed by atoms with E-state index in [0.29, 0.717) is 68.8 Å². The average molecular weight is 753 g/mol. The molecule has 4 rings (SSSR count). The van der Waals surface area contributed by atoms with Crippen molar-refractivity contribution in [3.05, 3.63) is 116 Å². The zero-order valence-electron chi connectivity index (χ0n) is 31.2. The van der Waals surface area contributed by atoms with Gasteiger partial charge in [-0.05, 0) is 59.4 Å². The second kappa shape index (κ2) is 19.6. The Labute approximate surface area is 318 Å². The van der Waals surface area contributed by atoms with Crippen LogP contribution in [-0.4, -0.2) is 72.7 Å². The predicted molar refractivity (Wildman–Crippen MR) is 203 cm³/mol. The zero-order valence-corrected chi connectivity index (χ0v) is 31.2. The molecule has 12 nitrogen and oxygen atoms in total. The highest BCUT2D eigenvalue weighted by Crippen LogP contribution is 2.42. The molecule has 55 heavy (non-hydrogen) atoms. The fourth-order valence-corrected chi connectivity index (χ4v) is 6.50. The maximum absolute atomic E-state index is 11.9. The fraction of sp³-hybridized carbons (Fsp3) is 0.302. The van der Waals surface area contributed by atoms with E-state index < -0.39 is 0 Å². The van der Waals surface area contributed by atoms with Crippen LogP contribution in [0.2, 0.25) is 0 Å². The minimum atomic E-state index is -0.384. The molecule has 288 valence electrons. The van der Waals surface area contributed by atoms with Gasteiger partial charge in [-0.15, -0.1) is 0 Å². The first-order chi connectivity index (χ1) is 26.5. The summed E-state index contributed by atoms with van der Waals surface area (Å²) < 4.78 is 21.0. The molecule has 0 aliphatic heterocycles. The molecule has 0 saturated heterocycles. The number of phenolic OH excluding ortho intramolecular Hbond substituents is 4. The third-order valence-electron chi connectivity index (χ3n) is 9.43. The van der Waals surface area contributed by atoms with E-state index in [2.05, 4.69) is 0 Å². The van der Waals surface area contributed by atoms with Gasteiger partial charge < -0.3 is 39.4 Å². The monoisotopic (exact) mass is 752 g/mol. The molecule has 0 aromatic heterocycles. The summed E-state index contributed by atoms with van der Waals surface area (Å²) in [4.78, 5) is 46.2. The number of carbonyl (C=O) groups is 2. The molecular weight excluding hydrogens is 708 g/mol. The van der Waals surface area contributed by atoms with Crippen molar-refractivity contribution in [2.24, 2.45) is 0 Å². The molecule has 0 saturated carbocycles. The molecule has 12 heteroatoms. The Kier molecular flexibility index (Phi) is 14.7.